The SMILES string of the molecule is Cc1csc(NC(=O)c2ccc(-c3nnc(C)o3)cc2)n1. The molecule has 0 aliphatic carbocycles. The Morgan fingerprint density at radius 2 is 1.95 bits per heavy atom. The standard InChI is InChI=1S/C14H12N4O2S/c1-8-7-21-14(15-8)16-12(19)10-3-5-11(6-4-10)13-18-17-9(2)20-13/h3-7H,1-2H3,(H,15,16,19). The highest BCUT2D eigenvalue weighted by atomic mass is 32.1. The maximum atomic E-state index is 12.1. The first kappa shape index (κ1) is 13.4. The molecule has 0 spiro atoms. The zero-order valence-electron chi connectivity index (χ0n) is 11.5. The summed E-state index contributed by atoms with van der Waals surface area (Å²) in [6.45, 7) is 3.61. The zero-order chi connectivity index (χ0) is 14.8. The molecule has 0 aliphatic rings. The van der Waals surface area contributed by atoms with E-state index in [1.165, 1.54) is 11.3 Å². The highest BCUT2D eigenvalue weighted by molar-refractivity contribution is 7.13. The first-order chi connectivity index (χ1) is 10.1. The van der Waals surface area contributed by atoms with E-state index in [-0.39, 0.29) is 5.91 Å². The van der Waals surface area contributed by atoms with E-state index in [2.05, 4.69) is 20.5 Å². The number of nitrogens with zero attached hydrogens (tertiary/aromatic N) is 3. The molecule has 2 heterocycles. The summed E-state index contributed by atoms with van der Waals surface area (Å²) in [7, 11) is 0. The monoisotopic (exact) mass is 300 g/mol. The second-order valence-corrected chi connectivity index (χ2v) is 5.31. The maximum Gasteiger partial charge on any atom is 0.257 e. The summed E-state index contributed by atoms with van der Waals surface area (Å²) < 4.78 is 5.34. The molecule has 0 fully saturated rings. The van der Waals surface area contributed by atoms with E-state index in [4.69, 9.17) is 4.42 Å². The highest BCUT2D eigenvalue weighted by Gasteiger charge is 2.10. The lowest BCUT2D eigenvalue weighted by Gasteiger charge is -2.02. The molecular formula is C14H12N4O2S. The molecule has 0 radical (unpaired) electrons. The Kier molecular flexibility index (Phi) is 3.49. The van der Waals surface area contributed by atoms with Gasteiger partial charge in [-0.05, 0) is 31.2 Å². The highest BCUT2D eigenvalue weighted by Crippen LogP contribution is 2.19. The molecule has 3 aromatic rings. The number of thiazole rings is 1. The molecule has 1 amide bonds. The molecule has 21 heavy (non-hydrogen) atoms. The molecule has 0 unspecified atom stereocenters. The van der Waals surface area contributed by atoms with Gasteiger partial charge in [-0.1, -0.05) is 0 Å². The Balaban J connectivity index is 1.76. The van der Waals surface area contributed by atoms with Crippen LogP contribution in [0.5, 0.6) is 0 Å². The van der Waals surface area contributed by atoms with Crippen LogP contribution in [0.3, 0.4) is 0 Å². The van der Waals surface area contributed by atoms with Crippen molar-refractivity contribution >= 4 is 22.4 Å². The Labute approximate surface area is 124 Å². The van der Waals surface area contributed by atoms with Gasteiger partial charge in [-0.2, -0.15) is 0 Å². The molecule has 1 N–H and O–H groups in total. The lowest BCUT2D eigenvalue weighted by Crippen LogP contribution is -2.11. The Hall–Kier alpha value is -2.54. The van der Waals surface area contributed by atoms with Gasteiger partial charge in [0.05, 0.1) is 5.69 Å². The first-order valence-electron chi connectivity index (χ1n) is 6.26. The molecule has 0 saturated heterocycles. The van der Waals surface area contributed by atoms with Crippen molar-refractivity contribution in [2.45, 2.75) is 13.8 Å². The number of anilines is 1. The molecule has 0 bridgehead atoms. The van der Waals surface area contributed by atoms with Crippen LogP contribution in [-0.4, -0.2) is 21.1 Å². The molecule has 0 atom stereocenters. The quantitative estimate of drug-likeness (QED) is 0.804. The van der Waals surface area contributed by atoms with Crippen LogP contribution < -0.4 is 5.32 Å². The van der Waals surface area contributed by atoms with Gasteiger partial charge >= 0.3 is 0 Å². The molecule has 2 aromatic heterocycles. The van der Waals surface area contributed by atoms with Gasteiger partial charge in [0.2, 0.25) is 11.8 Å². The smallest absolute Gasteiger partial charge is 0.257 e. The predicted molar refractivity (Wildman–Crippen MR) is 79.3 cm³/mol. The van der Waals surface area contributed by atoms with E-state index in [0.717, 1.165) is 11.3 Å². The summed E-state index contributed by atoms with van der Waals surface area (Å²) >= 11 is 1.40. The Bertz CT molecular complexity index is 776. The summed E-state index contributed by atoms with van der Waals surface area (Å²) in [4.78, 5) is 16.3. The molecule has 1 aromatic carbocycles. The Morgan fingerprint density at radius 1 is 1.19 bits per heavy atom. The largest absolute Gasteiger partial charge is 0.421 e. The van der Waals surface area contributed by atoms with Gasteiger partial charge in [-0.25, -0.2) is 4.98 Å². The number of amides is 1. The predicted octanol–water partition coefficient (Wildman–Crippen LogP) is 3.06. The van der Waals surface area contributed by atoms with Crippen LogP contribution in [-0.2, 0) is 0 Å². The molecular weight excluding hydrogens is 288 g/mol. The molecule has 7 heteroatoms. The number of hydrogen-bond donors (Lipinski definition) is 1. The van der Waals surface area contributed by atoms with Crippen molar-refractivity contribution in [1.29, 1.82) is 0 Å². The Morgan fingerprint density at radius 3 is 2.52 bits per heavy atom. The van der Waals surface area contributed by atoms with Gasteiger partial charge in [-0.3, -0.25) is 10.1 Å². The minimum atomic E-state index is -0.197. The van der Waals surface area contributed by atoms with Crippen LogP contribution >= 0.6 is 11.3 Å². The van der Waals surface area contributed by atoms with E-state index in [1.54, 1.807) is 31.2 Å². The van der Waals surface area contributed by atoms with Gasteiger partial charge in [-0.15, -0.1) is 21.5 Å². The topological polar surface area (TPSA) is 80.9 Å². The molecule has 3 rings (SSSR count). The number of carbonyl (C=O) groups is 1. The van der Waals surface area contributed by atoms with E-state index in [9.17, 15) is 4.79 Å². The number of nitrogens with one attached hydrogen (secondary N) is 1. The van der Waals surface area contributed by atoms with Crippen molar-refractivity contribution < 1.29 is 9.21 Å². The van der Waals surface area contributed by atoms with Crippen molar-refractivity contribution in [2.75, 3.05) is 5.32 Å². The van der Waals surface area contributed by atoms with Crippen LogP contribution in [0, 0.1) is 13.8 Å². The maximum absolute atomic E-state index is 12.1. The normalized spacial score (nSPS) is 10.6. The van der Waals surface area contributed by atoms with E-state index < -0.39 is 0 Å². The second-order valence-electron chi connectivity index (χ2n) is 4.45. The zero-order valence-corrected chi connectivity index (χ0v) is 12.3. The summed E-state index contributed by atoms with van der Waals surface area (Å²) in [5, 5.41) is 12.9. The average Bonchev–Trinajstić information content (AvgIpc) is 3.08. The minimum Gasteiger partial charge on any atom is -0.421 e. The molecule has 0 saturated carbocycles. The van der Waals surface area contributed by atoms with Crippen LogP contribution in [0.15, 0.2) is 34.1 Å². The van der Waals surface area contributed by atoms with Crippen molar-refractivity contribution in [3.63, 3.8) is 0 Å². The molecule has 6 nitrogen and oxygen atoms in total. The van der Waals surface area contributed by atoms with Crippen LogP contribution in [0.4, 0.5) is 5.13 Å². The number of benzene rings is 1. The van der Waals surface area contributed by atoms with Gasteiger partial charge in [0.1, 0.15) is 0 Å². The summed E-state index contributed by atoms with van der Waals surface area (Å²) in [5.41, 5.74) is 2.21. The average molecular weight is 300 g/mol. The fraction of sp³-hybridized carbons (Fsp3) is 0.143. The number of carbonyl (C=O) groups excluding carboxylic acids is 1. The third-order valence-electron chi connectivity index (χ3n) is 2.76. The molecule has 0 aliphatic heterocycles. The number of hydrogen-bond acceptors (Lipinski definition) is 6. The van der Waals surface area contributed by atoms with Crippen molar-refractivity contribution in [1.82, 2.24) is 15.2 Å². The number of rotatable bonds is 3. The van der Waals surface area contributed by atoms with E-state index in [0.29, 0.717) is 22.5 Å². The van der Waals surface area contributed by atoms with Crippen LogP contribution in [0.25, 0.3) is 11.5 Å². The number of aromatic nitrogens is 3. The van der Waals surface area contributed by atoms with Crippen LogP contribution in [0.1, 0.15) is 21.9 Å². The van der Waals surface area contributed by atoms with Gasteiger partial charge in [0.25, 0.3) is 5.91 Å². The first-order valence-corrected chi connectivity index (χ1v) is 7.14. The summed E-state index contributed by atoms with van der Waals surface area (Å²) in [5.74, 6) is 0.749. The second kappa shape index (κ2) is 5.45. The van der Waals surface area contributed by atoms with Gasteiger partial charge < -0.3 is 4.42 Å². The molecule has 106 valence electrons. The summed E-state index contributed by atoms with van der Waals surface area (Å²) in [6, 6.07) is 6.97. The fourth-order valence-electron chi connectivity index (χ4n) is 1.76. The van der Waals surface area contributed by atoms with Crippen molar-refractivity contribution in [3.8, 4) is 11.5 Å². The fourth-order valence-corrected chi connectivity index (χ4v) is 2.44. The lowest BCUT2D eigenvalue weighted by molar-refractivity contribution is 0.102. The van der Waals surface area contributed by atoms with E-state index in [1.807, 2.05) is 12.3 Å². The number of aryl methyl sites for hydroxylation is 2. The van der Waals surface area contributed by atoms with Crippen LogP contribution in [0.2, 0.25) is 0 Å². The minimum absolute atomic E-state index is 0.197. The van der Waals surface area contributed by atoms with Crippen molar-refractivity contribution in [3.05, 3.63) is 46.8 Å². The van der Waals surface area contributed by atoms with Gasteiger partial charge in [0, 0.05) is 23.4 Å². The third-order valence-corrected chi connectivity index (χ3v) is 3.64. The van der Waals surface area contributed by atoms with Gasteiger partial charge in [0.15, 0.2) is 5.13 Å². The van der Waals surface area contributed by atoms with E-state index >= 15 is 0 Å². The van der Waals surface area contributed by atoms with Crippen molar-refractivity contribution in [2.24, 2.45) is 0 Å². The third kappa shape index (κ3) is 2.97. The lowest BCUT2D eigenvalue weighted by atomic mass is 10.1. The summed E-state index contributed by atoms with van der Waals surface area (Å²) in [6.07, 6.45) is 0.